The number of nitrogens with one attached hydrogen (secondary N) is 1. The molecular formula is C12H14N4O3S. The minimum absolute atomic E-state index is 0.00550. The van der Waals surface area contributed by atoms with Crippen molar-refractivity contribution in [3.63, 3.8) is 0 Å². The van der Waals surface area contributed by atoms with Gasteiger partial charge in [-0.3, -0.25) is 0 Å². The van der Waals surface area contributed by atoms with Crippen molar-refractivity contribution in [1.29, 1.82) is 0 Å². The third-order valence-corrected chi connectivity index (χ3v) is 3.99. The first-order valence-corrected chi connectivity index (χ1v) is 7.19. The summed E-state index contributed by atoms with van der Waals surface area (Å²) in [4.78, 5) is 7.70. The zero-order valence-corrected chi connectivity index (χ0v) is 11.6. The van der Waals surface area contributed by atoms with Gasteiger partial charge in [0.05, 0.1) is 19.3 Å². The summed E-state index contributed by atoms with van der Waals surface area (Å²) < 4.78 is 32.0. The second kappa shape index (κ2) is 5.85. The molecule has 0 spiro atoms. The van der Waals surface area contributed by atoms with E-state index >= 15 is 0 Å². The van der Waals surface area contributed by atoms with E-state index in [1.807, 2.05) is 0 Å². The van der Waals surface area contributed by atoms with Crippen molar-refractivity contribution in [2.75, 3.05) is 12.8 Å². The Morgan fingerprint density at radius 2 is 2.15 bits per heavy atom. The highest BCUT2D eigenvalue weighted by Gasteiger charge is 2.19. The molecule has 1 aromatic heterocycles. The van der Waals surface area contributed by atoms with Crippen LogP contribution in [-0.2, 0) is 16.6 Å². The van der Waals surface area contributed by atoms with Crippen LogP contribution in [0, 0.1) is 0 Å². The lowest BCUT2D eigenvalue weighted by Gasteiger charge is -2.11. The lowest BCUT2D eigenvalue weighted by Crippen LogP contribution is -2.24. The lowest BCUT2D eigenvalue weighted by molar-refractivity contribution is 0.402. The summed E-state index contributed by atoms with van der Waals surface area (Å²) in [5.74, 6) is 0.231. The number of nitrogens with two attached hydrogens (primary N) is 1. The van der Waals surface area contributed by atoms with Crippen LogP contribution >= 0.6 is 0 Å². The van der Waals surface area contributed by atoms with E-state index < -0.39 is 10.0 Å². The van der Waals surface area contributed by atoms with E-state index in [9.17, 15) is 8.42 Å². The highest BCUT2D eigenvalue weighted by Crippen LogP contribution is 2.25. The average Bonchev–Trinajstić information content (AvgIpc) is 2.46. The van der Waals surface area contributed by atoms with Crippen LogP contribution in [0.3, 0.4) is 0 Å². The number of aromatic nitrogens is 2. The van der Waals surface area contributed by atoms with Gasteiger partial charge in [0.25, 0.3) is 0 Å². The summed E-state index contributed by atoms with van der Waals surface area (Å²) in [5, 5.41) is 0. The van der Waals surface area contributed by atoms with Gasteiger partial charge < -0.3 is 10.5 Å². The fourth-order valence-corrected chi connectivity index (χ4v) is 2.77. The number of methoxy groups -OCH3 is 1. The minimum atomic E-state index is -3.74. The molecule has 0 saturated carbocycles. The number of nitrogens with zero attached hydrogens (tertiary/aromatic N) is 2. The molecule has 0 saturated heterocycles. The predicted molar refractivity (Wildman–Crippen MR) is 73.5 cm³/mol. The van der Waals surface area contributed by atoms with Gasteiger partial charge in [0.1, 0.15) is 17.0 Å². The molecule has 1 aromatic carbocycles. The Labute approximate surface area is 116 Å². The van der Waals surface area contributed by atoms with E-state index in [0.29, 0.717) is 11.4 Å². The maximum Gasteiger partial charge on any atom is 0.244 e. The Morgan fingerprint density at radius 1 is 1.35 bits per heavy atom. The molecule has 0 atom stereocenters. The molecular weight excluding hydrogens is 280 g/mol. The predicted octanol–water partition coefficient (Wildman–Crippen LogP) is 0.546. The van der Waals surface area contributed by atoms with E-state index in [0.717, 1.165) is 0 Å². The Balaban J connectivity index is 2.24. The Bertz CT molecular complexity index is 689. The number of sulfonamides is 1. The Morgan fingerprint density at radius 3 is 2.80 bits per heavy atom. The summed E-state index contributed by atoms with van der Waals surface area (Å²) in [6.07, 6.45) is 2.89. The van der Waals surface area contributed by atoms with Gasteiger partial charge in [0, 0.05) is 11.9 Å². The van der Waals surface area contributed by atoms with Crippen molar-refractivity contribution in [3.05, 3.63) is 42.5 Å². The van der Waals surface area contributed by atoms with Crippen LogP contribution in [0.5, 0.6) is 5.75 Å². The van der Waals surface area contributed by atoms with Crippen molar-refractivity contribution < 1.29 is 13.2 Å². The molecule has 1 heterocycles. The molecule has 0 amide bonds. The van der Waals surface area contributed by atoms with E-state index in [4.69, 9.17) is 10.5 Å². The van der Waals surface area contributed by atoms with Crippen molar-refractivity contribution in [2.24, 2.45) is 0 Å². The summed E-state index contributed by atoms with van der Waals surface area (Å²) in [6.45, 7) is 0.0583. The van der Waals surface area contributed by atoms with Crippen molar-refractivity contribution in [1.82, 2.24) is 14.7 Å². The average molecular weight is 294 g/mol. The Kier molecular flexibility index (Phi) is 4.16. The molecule has 3 N–H and O–H groups in total. The molecule has 7 nitrogen and oxygen atoms in total. The molecule has 2 rings (SSSR count). The van der Waals surface area contributed by atoms with E-state index in [2.05, 4.69) is 14.7 Å². The lowest BCUT2D eigenvalue weighted by atomic mass is 10.3. The normalized spacial score (nSPS) is 11.2. The van der Waals surface area contributed by atoms with Gasteiger partial charge in [0.15, 0.2) is 0 Å². The second-order valence-corrected chi connectivity index (χ2v) is 5.67. The molecule has 0 bridgehead atoms. The van der Waals surface area contributed by atoms with Crippen LogP contribution in [0.4, 0.5) is 5.69 Å². The third-order valence-electron chi connectivity index (χ3n) is 2.56. The standard InChI is InChI=1S/C12H14N4O3S/c1-19-11-3-2-9(13)6-12(11)20(17,18)16-7-10-4-5-14-8-15-10/h2-6,8,16H,7,13H2,1H3. The number of hydrogen-bond acceptors (Lipinski definition) is 6. The zero-order valence-electron chi connectivity index (χ0n) is 10.8. The van der Waals surface area contributed by atoms with E-state index in [1.165, 1.54) is 31.8 Å². The van der Waals surface area contributed by atoms with Gasteiger partial charge in [-0.05, 0) is 24.3 Å². The number of rotatable bonds is 5. The van der Waals surface area contributed by atoms with Gasteiger partial charge in [0.2, 0.25) is 10.0 Å². The van der Waals surface area contributed by atoms with Gasteiger partial charge in [-0.2, -0.15) is 0 Å². The largest absolute Gasteiger partial charge is 0.495 e. The number of hydrogen-bond donors (Lipinski definition) is 2. The SMILES string of the molecule is COc1ccc(N)cc1S(=O)(=O)NCc1ccncn1. The van der Waals surface area contributed by atoms with Gasteiger partial charge in [-0.15, -0.1) is 0 Å². The highest BCUT2D eigenvalue weighted by molar-refractivity contribution is 7.89. The molecule has 0 aliphatic rings. The number of anilines is 1. The molecule has 0 radical (unpaired) electrons. The molecule has 20 heavy (non-hydrogen) atoms. The number of benzene rings is 1. The Hall–Kier alpha value is -2.19. The van der Waals surface area contributed by atoms with Gasteiger partial charge in [-0.25, -0.2) is 23.1 Å². The number of ether oxygens (including phenoxy) is 1. The quantitative estimate of drug-likeness (QED) is 0.780. The summed E-state index contributed by atoms with van der Waals surface area (Å²) in [5.41, 5.74) is 6.52. The minimum Gasteiger partial charge on any atom is -0.495 e. The van der Waals surface area contributed by atoms with Gasteiger partial charge >= 0.3 is 0 Å². The maximum atomic E-state index is 12.2. The van der Waals surface area contributed by atoms with Crippen LogP contribution in [-0.4, -0.2) is 25.5 Å². The first-order chi connectivity index (χ1) is 9.53. The smallest absolute Gasteiger partial charge is 0.244 e. The van der Waals surface area contributed by atoms with Gasteiger partial charge in [-0.1, -0.05) is 0 Å². The molecule has 0 unspecified atom stereocenters. The monoisotopic (exact) mass is 294 g/mol. The fourth-order valence-electron chi connectivity index (χ4n) is 1.57. The second-order valence-electron chi connectivity index (χ2n) is 3.94. The third kappa shape index (κ3) is 3.22. The van der Waals surface area contributed by atoms with Crippen molar-refractivity contribution >= 4 is 15.7 Å². The molecule has 8 heteroatoms. The van der Waals surface area contributed by atoms with Crippen LogP contribution in [0.15, 0.2) is 41.7 Å². The maximum absolute atomic E-state index is 12.2. The summed E-state index contributed by atoms with van der Waals surface area (Å²) in [7, 11) is -2.34. The number of nitrogen functional groups attached to an aromatic ring is 1. The molecule has 106 valence electrons. The van der Waals surface area contributed by atoms with Crippen LogP contribution in [0.25, 0.3) is 0 Å². The van der Waals surface area contributed by atoms with Crippen LogP contribution < -0.4 is 15.2 Å². The highest BCUT2D eigenvalue weighted by atomic mass is 32.2. The molecule has 0 aliphatic carbocycles. The van der Waals surface area contributed by atoms with Crippen LogP contribution in [0.2, 0.25) is 0 Å². The first kappa shape index (κ1) is 14.2. The summed E-state index contributed by atoms with van der Waals surface area (Å²) in [6, 6.07) is 6.05. The fraction of sp³-hybridized carbons (Fsp3) is 0.167. The van der Waals surface area contributed by atoms with E-state index in [-0.39, 0.29) is 17.2 Å². The van der Waals surface area contributed by atoms with Crippen molar-refractivity contribution in [3.8, 4) is 5.75 Å². The molecule has 0 fully saturated rings. The zero-order chi connectivity index (χ0) is 14.6. The summed E-state index contributed by atoms with van der Waals surface area (Å²) >= 11 is 0. The molecule has 0 aliphatic heterocycles. The molecule has 2 aromatic rings. The van der Waals surface area contributed by atoms with E-state index in [1.54, 1.807) is 12.1 Å². The van der Waals surface area contributed by atoms with Crippen LogP contribution in [0.1, 0.15) is 5.69 Å². The van der Waals surface area contributed by atoms with Crippen molar-refractivity contribution in [2.45, 2.75) is 11.4 Å². The topological polar surface area (TPSA) is 107 Å². The first-order valence-electron chi connectivity index (χ1n) is 5.71.